The zero-order valence-electron chi connectivity index (χ0n) is 14.5. The molecule has 0 aromatic carbocycles. The lowest BCUT2D eigenvalue weighted by molar-refractivity contribution is -0.135. The Hall–Kier alpha value is -0.150. The van der Waals surface area contributed by atoms with Gasteiger partial charge in [-0.1, -0.05) is 48.4 Å². The third-order valence-corrected chi connectivity index (χ3v) is 8.81. The molecule has 4 rings (SSSR count). The zero-order chi connectivity index (χ0) is 16.6. The first-order valence-corrected chi connectivity index (χ1v) is 10.2. The number of aliphatic hydroxyl groups is 1. The smallest absolute Gasteiger partial charge is 0.152 e. The molecule has 4 aliphatic rings. The molecule has 0 spiro atoms. The number of fused-ring (bicyclic) bond motifs is 5. The summed E-state index contributed by atoms with van der Waals surface area (Å²) in [5, 5.41) is 10.1. The van der Waals surface area contributed by atoms with Crippen LogP contribution in [0, 0.1) is 34.5 Å². The lowest BCUT2D eigenvalue weighted by Crippen LogP contribution is -2.53. The Balaban J connectivity index is 1.75. The maximum atomic E-state index is 12.8. The van der Waals surface area contributed by atoms with Gasteiger partial charge in [-0.15, -0.1) is 0 Å². The highest BCUT2D eigenvalue weighted by atomic mass is 79.9. The van der Waals surface area contributed by atoms with Crippen molar-refractivity contribution < 1.29 is 9.90 Å². The molecule has 0 radical (unpaired) electrons. The Morgan fingerprint density at radius 3 is 2.78 bits per heavy atom. The van der Waals surface area contributed by atoms with Crippen LogP contribution < -0.4 is 0 Å². The Morgan fingerprint density at radius 1 is 1.30 bits per heavy atom. The molecule has 23 heavy (non-hydrogen) atoms. The molecule has 0 amide bonds. The molecule has 4 aliphatic carbocycles. The lowest BCUT2D eigenvalue weighted by Gasteiger charge is -2.59. The van der Waals surface area contributed by atoms with Crippen molar-refractivity contribution in [1.82, 2.24) is 0 Å². The highest BCUT2D eigenvalue weighted by Gasteiger charge is 2.62. The fourth-order valence-corrected chi connectivity index (χ4v) is 8.03. The second kappa shape index (κ2) is 5.17. The highest BCUT2D eigenvalue weighted by molar-refractivity contribution is 9.10. The molecule has 3 heteroatoms. The van der Waals surface area contributed by atoms with E-state index in [4.69, 9.17) is 0 Å². The first-order chi connectivity index (χ1) is 10.8. The van der Waals surface area contributed by atoms with E-state index in [1.54, 1.807) is 0 Å². The molecule has 0 aromatic rings. The van der Waals surface area contributed by atoms with E-state index in [0.717, 1.165) is 38.5 Å². The first-order valence-electron chi connectivity index (χ1n) is 9.33. The van der Waals surface area contributed by atoms with Crippen LogP contribution in [0.4, 0.5) is 0 Å². The van der Waals surface area contributed by atoms with Crippen LogP contribution in [0.2, 0.25) is 0 Å². The fourth-order valence-electron chi connectivity index (χ4n) is 7.10. The number of allylic oxidation sites excluding steroid dienone is 1. The van der Waals surface area contributed by atoms with Crippen molar-refractivity contribution in [2.45, 2.75) is 70.2 Å². The molecular formula is C20H29BrO2. The molecule has 0 heterocycles. The van der Waals surface area contributed by atoms with Crippen molar-refractivity contribution in [3.8, 4) is 0 Å². The van der Waals surface area contributed by atoms with Crippen LogP contribution in [-0.4, -0.2) is 21.8 Å². The van der Waals surface area contributed by atoms with E-state index in [0.29, 0.717) is 29.5 Å². The summed E-state index contributed by atoms with van der Waals surface area (Å²) in [6.07, 6.45) is 8.39. The van der Waals surface area contributed by atoms with Crippen LogP contribution in [0.25, 0.3) is 0 Å². The summed E-state index contributed by atoms with van der Waals surface area (Å²) in [6, 6.07) is 0. The largest absolute Gasteiger partial charge is 0.393 e. The van der Waals surface area contributed by atoms with E-state index in [1.807, 2.05) is 0 Å². The number of rotatable bonds is 0. The Kier molecular flexibility index (Phi) is 3.67. The number of carbonyl (C=O) groups is 1. The van der Waals surface area contributed by atoms with Gasteiger partial charge in [0.2, 0.25) is 0 Å². The second-order valence-electron chi connectivity index (χ2n) is 9.24. The van der Waals surface area contributed by atoms with Crippen LogP contribution >= 0.6 is 15.9 Å². The van der Waals surface area contributed by atoms with Gasteiger partial charge in [-0.05, 0) is 67.6 Å². The van der Waals surface area contributed by atoms with Crippen molar-refractivity contribution in [3.63, 3.8) is 0 Å². The Labute approximate surface area is 148 Å². The molecule has 1 N–H and O–H groups in total. The highest BCUT2D eigenvalue weighted by Crippen LogP contribution is 2.66. The average Bonchev–Trinajstić information content (AvgIpc) is 2.71. The quantitative estimate of drug-likeness (QED) is 0.496. The van der Waals surface area contributed by atoms with Crippen LogP contribution in [0.15, 0.2) is 11.6 Å². The first kappa shape index (κ1) is 16.3. The number of ketones is 1. The van der Waals surface area contributed by atoms with Crippen molar-refractivity contribution >= 4 is 21.7 Å². The molecule has 3 fully saturated rings. The molecule has 2 nitrogen and oxygen atoms in total. The van der Waals surface area contributed by atoms with Gasteiger partial charge in [-0.3, -0.25) is 4.79 Å². The number of hydrogen-bond donors (Lipinski definition) is 1. The molecule has 3 saturated carbocycles. The summed E-state index contributed by atoms with van der Waals surface area (Å²) < 4.78 is 0. The molecule has 0 bridgehead atoms. The van der Waals surface area contributed by atoms with Crippen LogP contribution in [0.1, 0.15) is 59.3 Å². The maximum absolute atomic E-state index is 12.8. The number of halogens is 1. The zero-order valence-corrected chi connectivity index (χ0v) is 16.1. The molecular weight excluding hydrogens is 352 g/mol. The predicted octanol–water partition coefficient (Wildman–Crippen LogP) is 4.50. The van der Waals surface area contributed by atoms with Crippen molar-refractivity contribution in [2.75, 3.05) is 0 Å². The SMILES string of the molecule is C[C@H]1C[C@]2(C)C(=O)[C@H](Br)CC2C2CC=C3C[C@@H](O)CC[C@]3(C)C21. The van der Waals surface area contributed by atoms with Crippen LogP contribution in [0.5, 0.6) is 0 Å². The van der Waals surface area contributed by atoms with E-state index < -0.39 is 0 Å². The van der Waals surface area contributed by atoms with Gasteiger partial charge in [0.05, 0.1) is 10.9 Å². The second-order valence-corrected chi connectivity index (χ2v) is 10.3. The van der Waals surface area contributed by atoms with Gasteiger partial charge >= 0.3 is 0 Å². The normalized spacial score (nSPS) is 55.7. The van der Waals surface area contributed by atoms with Gasteiger partial charge in [0, 0.05) is 5.41 Å². The van der Waals surface area contributed by atoms with Crippen LogP contribution in [-0.2, 0) is 4.79 Å². The summed E-state index contributed by atoms with van der Waals surface area (Å²) in [6.45, 7) is 7.07. The Morgan fingerprint density at radius 2 is 2.04 bits per heavy atom. The lowest BCUT2D eigenvalue weighted by atomic mass is 9.45. The van der Waals surface area contributed by atoms with Gasteiger partial charge in [-0.2, -0.15) is 0 Å². The molecule has 0 aromatic heterocycles. The van der Waals surface area contributed by atoms with Crippen LogP contribution in [0.3, 0.4) is 0 Å². The topological polar surface area (TPSA) is 37.3 Å². The number of Topliss-reactive ketones (excluding diaryl/α,β-unsaturated/α-hetero) is 1. The van der Waals surface area contributed by atoms with E-state index >= 15 is 0 Å². The van der Waals surface area contributed by atoms with Gasteiger partial charge in [0.1, 0.15) is 0 Å². The number of carbonyl (C=O) groups excluding carboxylic acids is 1. The van der Waals surface area contributed by atoms with Gasteiger partial charge in [0.25, 0.3) is 0 Å². The summed E-state index contributed by atoms with van der Waals surface area (Å²) in [7, 11) is 0. The summed E-state index contributed by atoms with van der Waals surface area (Å²) in [4.78, 5) is 12.9. The summed E-state index contributed by atoms with van der Waals surface area (Å²) in [5.74, 6) is 2.89. The van der Waals surface area contributed by atoms with Crippen molar-refractivity contribution in [3.05, 3.63) is 11.6 Å². The molecule has 0 saturated heterocycles. The Bertz CT molecular complexity index is 570. The minimum atomic E-state index is -0.144. The van der Waals surface area contributed by atoms with E-state index in [1.165, 1.54) is 5.57 Å². The van der Waals surface area contributed by atoms with E-state index in [9.17, 15) is 9.90 Å². The molecule has 3 unspecified atom stereocenters. The number of aliphatic hydroxyl groups excluding tert-OH is 1. The standard InChI is InChI=1S/C20H29BrO2/c1-11-10-20(3)15(9-16(21)18(20)23)14-5-4-12-8-13(22)6-7-19(12,2)17(11)14/h4,11,13-17,22H,5-10H2,1-3H3/t11-,13-,14?,15?,16+,17?,19-,20-/m0/s1. The number of alkyl halides is 1. The van der Waals surface area contributed by atoms with Gasteiger partial charge in [0.15, 0.2) is 5.78 Å². The number of hydrogen-bond acceptors (Lipinski definition) is 2. The fraction of sp³-hybridized carbons (Fsp3) is 0.850. The van der Waals surface area contributed by atoms with E-state index in [-0.39, 0.29) is 21.8 Å². The minimum Gasteiger partial charge on any atom is -0.393 e. The minimum absolute atomic E-state index is 0.0646. The van der Waals surface area contributed by atoms with Gasteiger partial charge in [-0.25, -0.2) is 0 Å². The average molecular weight is 381 g/mol. The van der Waals surface area contributed by atoms with Crippen molar-refractivity contribution in [1.29, 1.82) is 0 Å². The monoisotopic (exact) mass is 380 g/mol. The summed E-state index contributed by atoms with van der Waals surface area (Å²) >= 11 is 3.66. The molecule has 0 aliphatic heterocycles. The van der Waals surface area contributed by atoms with Crippen molar-refractivity contribution in [2.24, 2.45) is 34.5 Å². The third kappa shape index (κ3) is 2.11. The molecule has 128 valence electrons. The third-order valence-electron chi connectivity index (χ3n) is 8.02. The maximum Gasteiger partial charge on any atom is 0.152 e. The molecule has 8 atom stereocenters. The van der Waals surface area contributed by atoms with E-state index in [2.05, 4.69) is 42.8 Å². The summed E-state index contributed by atoms with van der Waals surface area (Å²) in [5.41, 5.74) is 1.63. The van der Waals surface area contributed by atoms with Gasteiger partial charge < -0.3 is 5.11 Å². The predicted molar refractivity (Wildman–Crippen MR) is 95.4 cm³/mol.